The molecule has 1 aromatic heterocycles. The molecular formula is C17H21N7O3. The number of anilines is 1. The van der Waals surface area contributed by atoms with Crippen LogP contribution >= 0.6 is 0 Å². The lowest BCUT2D eigenvalue weighted by Gasteiger charge is -2.20. The van der Waals surface area contributed by atoms with E-state index in [-0.39, 0.29) is 17.3 Å². The van der Waals surface area contributed by atoms with Crippen molar-refractivity contribution in [3.8, 4) is 17.6 Å². The monoisotopic (exact) mass is 371 g/mol. The van der Waals surface area contributed by atoms with E-state index in [1.54, 1.807) is 17.0 Å². The third-order valence-electron chi connectivity index (χ3n) is 3.86. The summed E-state index contributed by atoms with van der Waals surface area (Å²) >= 11 is 0. The molecule has 0 bridgehead atoms. The van der Waals surface area contributed by atoms with Crippen LogP contribution in [0.5, 0.6) is 11.5 Å². The first-order chi connectivity index (χ1) is 13.1. The van der Waals surface area contributed by atoms with Crippen LogP contribution in [-0.2, 0) is 0 Å². The number of tetrazole rings is 1. The molecule has 0 unspecified atom stereocenters. The van der Waals surface area contributed by atoms with Crippen LogP contribution in [0.2, 0.25) is 0 Å². The molecule has 2 rings (SSSR count). The van der Waals surface area contributed by atoms with Crippen molar-refractivity contribution in [3.05, 3.63) is 29.7 Å². The van der Waals surface area contributed by atoms with Crippen LogP contribution in [0.25, 0.3) is 5.57 Å². The molecule has 0 radical (unpaired) electrons. The number of carbonyl (C=O) groups is 1. The van der Waals surface area contributed by atoms with Crippen molar-refractivity contribution >= 4 is 17.2 Å². The molecule has 0 aliphatic heterocycles. The molecule has 1 aromatic carbocycles. The van der Waals surface area contributed by atoms with Gasteiger partial charge >= 0.3 is 0 Å². The molecule has 2 aromatic rings. The van der Waals surface area contributed by atoms with E-state index in [0.29, 0.717) is 35.8 Å². The van der Waals surface area contributed by atoms with E-state index < -0.39 is 0 Å². The second-order valence-corrected chi connectivity index (χ2v) is 5.29. The summed E-state index contributed by atoms with van der Waals surface area (Å²) in [4.78, 5) is 14.4. The summed E-state index contributed by atoms with van der Waals surface area (Å²) in [6.45, 7) is 4.99. The summed E-state index contributed by atoms with van der Waals surface area (Å²) in [6, 6.07) is 5.25. The third kappa shape index (κ3) is 4.33. The molecule has 2 N–H and O–H groups in total. The molecule has 27 heavy (non-hydrogen) atoms. The number of ether oxygens (including phenoxy) is 2. The van der Waals surface area contributed by atoms with Gasteiger partial charge in [0.1, 0.15) is 11.6 Å². The molecule has 0 aliphatic rings. The number of hydrogen-bond donors (Lipinski definition) is 2. The molecule has 0 spiro atoms. The summed E-state index contributed by atoms with van der Waals surface area (Å²) in [5.41, 5.74) is 1.05. The first kappa shape index (κ1) is 19.7. The van der Waals surface area contributed by atoms with Crippen LogP contribution in [0.3, 0.4) is 0 Å². The first-order valence-corrected chi connectivity index (χ1v) is 8.25. The Hall–Kier alpha value is -3.61. The Morgan fingerprint density at radius 3 is 2.59 bits per heavy atom. The van der Waals surface area contributed by atoms with E-state index in [9.17, 15) is 10.1 Å². The van der Waals surface area contributed by atoms with E-state index in [2.05, 4.69) is 25.9 Å². The van der Waals surface area contributed by atoms with Gasteiger partial charge in [-0.2, -0.15) is 10.5 Å². The maximum Gasteiger partial charge on any atom is 0.254 e. The SMILES string of the molecule is CCN(CC)C(=O)c1cc(NC=C(C#N)c2nn[nH]n2)c(OC)c(OC)c1. The lowest BCUT2D eigenvalue weighted by Crippen LogP contribution is -2.30. The zero-order valence-corrected chi connectivity index (χ0v) is 15.6. The van der Waals surface area contributed by atoms with Crippen molar-refractivity contribution < 1.29 is 14.3 Å². The van der Waals surface area contributed by atoms with Crippen LogP contribution in [0.1, 0.15) is 30.0 Å². The zero-order chi connectivity index (χ0) is 19.8. The number of amides is 1. The molecule has 10 heteroatoms. The number of rotatable bonds is 8. The molecular weight excluding hydrogens is 350 g/mol. The average Bonchev–Trinajstić information content (AvgIpc) is 3.23. The highest BCUT2D eigenvalue weighted by Crippen LogP contribution is 2.37. The summed E-state index contributed by atoms with van der Waals surface area (Å²) in [5.74, 6) is 0.803. The van der Waals surface area contributed by atoms with Gasteiger partial charge in [-0.25, -0.2) is 0 Å². The minimum atomic E-state index is -0.133. The average molecular weight is 371 g/mol. The lowest BCUT2D eigenvalue weighted by atomic mass is 10.1. The van der Waals surface area contributed by atoms with Gasteiger partial charge in [0.25, 0.3) is 5.91 Å². The Morgan fingerprint density at radius 2 is 2.07 bits per heavy atom. The fourth-order valence-corrected chi connectivity index (χ4v) is 2.46. The Bertz CT molecular complexity index is 852. The molecule has 0 aliphatic carbocycles. The van der Waals surface area contributed by atoms with Crippen molar-refractivity contribution in [2.75, 3.05) is 32.6 Å². The van der Waals surface area contributed by atoms with Gasteiger partial charge in [0.2, 0.25) is 5.82 Å². The number of allylic oxidation sites excluding steroid dienone is 1. The summed E-state index contributed by atoms with van der Waals surface area (Å²) in [7, 11) is 2.98. The van der Waals surface area contributed by atoms with E-state index in [1.165, 1.54) is 20.4 Å². The van der Waals surface area contributed by atoms with Crippen molar-refractivity contribution in [3.63, 3.8) is 0 Å². The highest BCUT2D eigenvalue weighted by molar-refractivity contribution is 5.96. The molecule has 10 nitrogen and oxygen atoms in total. The van der Waals surface area contributed by atoms with Gasteiger partial charge in [-0.15, -0.1) is 10.2 Å². The van der Waals surface area contributed by atoms with Gasteiger partial charge in [-0.05, 0) is 31.2 Å². The Kier molecular flexibility index (Phi) is 6.71. The van der Waals surface area contributed by atoms with Gasteiger partial charge in [0, 0.05) is 24.9 Å². The third-order valence-corrected chi connectivity index (χ3v) is 3.86. The van der Waals surface area contributed by atoms with E-state index in [4.69, 9.17) is 9.47 Å². The number of nitrogens with zero attached hydrogens (tertiary/aromatic N) is 5. The predicted octanol–water partition coefficient (Wildman–Crippen LogP) is 1.68. The quantitative estimate of drug-likeness (QED) is 0.671. The first-order valence-electron chi connectivity index (χ1n) is 8.25. The van der Waals surface area contributed by atoms with E-state index >= 15 is 0 Å². The van der Waals surface area contributed by atoms with E-state index in [0.717, 1.165) is 0 Å². The van der Waals surface area contributed by atoms with Gasteiger partial charge in [-0.3, -0.25) is 4.79 Å². The van der Waals surface area contributed by atoms with Crippen LogP contribution in [0, 0.1) is 11.3 Å². The molecule has 0 fully saturated rings. The van der Waals surface area contributed by atoms with Crippen molar-refractivity contribution in [1.29, 1.82) is 5.26 Å². The number of H-pyrrole nitrogens is 1. The number of aromatic amines is 1. The van der Waals surface area contributed by atoms with Crippen LogP contribution in [0.15, 0.2) is 18.3 Å². The van der Waals surface area contributed by atoms with Gasteiger partial charge in [0.05, 0.1) is 19.9 Å². The predicted molar refractivity (Wildman–Crippen MR) is 98.2 cm³/mol. The highest BCUT2D eigenvalue weighted by atomic mass is 16.5. The van der Waals surface area contributed by atoms with E-state index in [1.807, 2.05) is 19.9 Å². The Balaban J connectivity index is 2.46. The Morgan fingerprint density at radius 1 is 1.33 bits per heavy atom. The second kappa shape index (κ2) is 9.19. The Labute approximate surface area is 156 Å². The smallest absolute Gasteiger partial charge is 0.254 e. The summed E-state index contributed by atoms with van der Waals surface area (Å²) < 4.78 is 10.8. The molecule has 0 saturated carbocycles. The highest BCUT2D eigenvalue weighted by Gasteiger charge is 2.19. The maximum absolute atomic E-state index is 12.7. The normalized spacial score (nSPS) is 10.9. The number of nitrogens with one attached hydrogen (secondary N) is 2. The summed E-state index contributed by atoms with van der Waals surface area (Å²) in [6.07, 6.45) is 1.41. The minimum Gasteiger partial charge on any atom is -0.493 e. The number of nitriles is 1. The molecule has 0 atom stereocenters. The lowest BCUT2D eigenvalue weighted by molar-refractivity contribution is 0.0772. The number of methoxy groups -OCH3 is 2. The maximum atomic E-state index is 12.7. The number of aromatic nitrogens is 4. The molecule has 142 valence electrons. The number of hydrogen-bond acceptors (Lipinski definition) is 8. The second-order valence-electron chi connectivity index (χ2n) is 5.29. The topological polar surface area (TPSA) is 129 Å². The number of carbonyl (C=O) groups excluding carboxylic acids is 1. The van der Waals surface area contributed by atoms with Crippen LogP contribution in [0.4, 0.5) is 5.69 Å². The fraction of sp³-hybridized carbons (Fsp3) is 0.353. The minimum absolute atomic E-state index is 0.133. The zero-order valence-electron chi connectivity index (χ0n) is 15.6. The summed E-state index contributed by atoms with van der Waals surface area (Å²) in [5, 5.41) is 25.5. The standard InChI is InChI=1S/C17H21N7O3/c1-5-24(6-2)17(25)11-7-13(15(27-4)14(8-11)26-3)19-10-12(9-18)16-20-22-23-21-16/h7-8,10,19H,5-6H2,1-4H3,(H,20,21,22,23). The van der Waals surface area contributed by atoms with Crippen molar-refractivity contribution in [2.24, 2.45) is 0 Å². The molecule has 1 amide bonds. The van der Waals surface area contributed by atoms with Gasteiger partial charge in [0.15, 0.2) is 11.5 Å². The largest absolute Gasteiger partial charge is 0.493 e. The van der Waals surface area contributed by atoms with Crippen LogP contribution < -0.4 is 14.8 Å². The fourth-order valence-electron chi connectivity index (χ4n) is 2.46. The molecule has 0 saturated heterocycles. The number of benzene rings is 1. The van der Waals surface area contributed by atoms with Crippen molar-refractivity contribution in [2.45, 2.75) is 13.8 Å². The van der Waals surface area contributed by atoms with Gasteiger partial charge < -0.3 is 19.7 Å². The van der Waals surface area contributed by atoms with Gasteiger partial charge in [-0.1, -0.05) is 0 Å². The van der Waals surface area contributed by atoms with Crippen LogP contribution in [-0.4, -0.2) is 58.7 Å². The molecule has 1 heterocycles. The van der Waals surface area contributed by atoms with Crippen molar-refractivity contribution in [1.82, 2.24) is 25.5 Å².